The molecule has 1 aliphatic heterocycles. The first-order chi connectivity index (χ1) is 15.9. The van der Waals surface area contributed by atoms with Gasteiger partial charge in [-0.25, -0.2) is 9.97 Å². The lowest BCUT2D eigenvalue weighted by atomic mass is 10.1. The van der Waals surface area contributed by atoms with Crippen molar-refractivity contribution in [3.8, 4) is 17.0 Å². The van der Waals surface area contributed by atoms with Crippen LogP contribution in [0.1, 0.15) is 18.9 Å². The van der Waals surface area contributed by atoms with Gasteiger partial charge in [0.25, 0.3) is 0 Å². The SMILES string of the molecule is CC[S+](=O)(O)c1ccc2cc1CN(C)C/C=C/CCOc1cccc(c1)-c1ccnc(n1)N2. The van der Waals surface area contributed by atoms with E-state index in [4.69, 9.17) is 4.74 Å². The standard InChI is InChI=1S/C25H28N4O3S/c1-3-33(30,31)24-11-10-21-16-20(24)18-29(2)14-5-4-6-15-32-22-9-7-8-19(17-22)23-12-13-26-25(27-21)28-23/h4-5,7-13,16-17H,3,6,14-15,18H2,1-2H3,(H-,26,27,28,30,31)/p+1/b5-4+. The van der Waals surface area contributed by atoms with Gasteiger partial charge < -0.3 is 10.1 Å². The summed E-state index contributed by atoms with van der Waals surface area (Å²) in [6, 6.07) is 15.2. The Bertz CT molecular complexity index is 1200. The number of rotatable bonds is 2. The smallest absolute Gasteiger partial charge is 0.247 e. The van der Waals surface area contributed by atoms with Crippen LogP contribution in [0.15, 0.2) is 71.8 Å². The summed E-state index contributed by atoms with van der Waals surface area (Å²) in [6.45, 7) is 3.56. The Balaban J connectivity index is 1.74. The largest absolute Gasteiger partial charge is 0.493 e. The normalized spacial score (nSPS) is 17.5. The van der Waals surface area contributed by atoms with E-state index in [1.165, 1.54) is 0 Å². The van der Waals surface area contributed by atoms with Crippen LogP contribution >= 0.6 is 0 Å². The summed E-state index contributed by atoms with van der Waals surface area (Å²) in [5.74, 6) is 1.42. The van der Waals surface area contributed by atoms with Crippen LogP contribution in [0.5, 0.6) is 5.75 Å². The van der Waals surface area contributed by atoms with Gasteiger partial charge in [0.1, 0.15) is 11.5 Å². The first-order valence-corrected chi connectivity index (χ1v) is 12.7. The molecule has 2 aromatic carbocycles. The highest BCUT2D eigenvalue weighted by molar-refractivity contribution is 7.97. The Morgan fingerprint density at radius 1 is 1.18 bits per heavy atom. The van der Waals surface area contributed by atoms with Crippen LogP contribution in [0.25, 0.3) is 11.3 Å². The highest BCUT2D eigenvalue weighted by atomic mass is 32.3. The van der Waals surface area contributed by atoms with E-state index in [9.17, 15) is 8.76 Å². The molecule has 0 aliphatic carbocycles. The Labute approximate surface area is 195 Å². The van der Waals surface area contributed by atoms with E-state index in [0.717, 1.165) is 41.2 Å². The fraction of sp³-hybridized carbons (Fsp3) is 0.280. The second-order valence-corrected chi connectivity index (χ2v) is 10.3. The quantitative estimate of drug-likeness (QED) is 0.406. The molecule has 0 saturated heterocycles. The summed E-state index contributed by atoms with van der Waals surface area (Å²) >= 11 is 0. The molecule has 1 aliphatic rings. The zero-order chi connectivity index (χ0) is 23.3. The van der Waals surface area contributed by atoms with E-state index in [-0.39, 0.29) is 5.75 Å². The third-order valence-corrected chi connectivity index (χ3v) is 7.28. The number of likely N-dealkylation sites (N-methyl/N-ethyl adjacent to an activating group) is 1. The van der Waals surface area contributed by atoms with Gasteiger partial charge in [0.2, 0.25) is 16.2 Å². The van der Waals surface area contributed by atoms with Gasteiger partial charge >= 0.3 is 0 Å². The molecule has 3 aromatic rings. The third kappa shape index (κ3) is 5.84. The van der Waals surface area contributed by atoms with Crippen molar-refractivity contribution in [2.24, 2.45) is 0 Å². The van der Waals surface area contributed by atoms with Gasteiger partial charge in [-0.15, -0.1) is 0 Å². The van der Waals surface area contributed by atoms with Crippen molar-refractivity contribution in [1.29, 1.82) is 0 Å². The maximum absolute atomic E-state index is 12.8. The van der Waals surface area contributed by atoms with Gasteiger partial charge in [-0.05, 0) is 56.8 Å². The van der Waals surface area contributed by atoms with Crippen LogP contribution in [0, 0.1) is 0 Å². The van der Waals surface area contributed by atoms with E-state index in [1.54, 1.807) is 25.3 Å². The fourth-order valence-corrected chi connectivity index (χ4v) is 4.80. The Morgan fingerprint density at radius 2 is 2.06 bits per heavy atom. The number of aromatic nitrogens is 2. The molecule has 172 valence electrons. The minimum Gasteiger partial charge on any atom is -0.493 e. The molecule has 2 heterocycles. The molecule has 0 fully saturated rings. The molecule has 33 heavy (non-hydrogen) atoms. The Kier molecular flexibility index (Phi) is 7.17. The lowest BCUT2D eigenvalue weighted by molar-refractivity contribution is 0.324. The lowest BCUT2D eigenvalue weighted by Gasteiger charge is -2.18. The van der Waals surface area contributed by atoms with Crippen molar-refractivity contribution in [2.45, 2.75) is 24.8 Å². The number of hydrogen-bond acceptors (Lipinski definition) is 6. The molecule has 0 saturated carbocycles. The first-order valence-electron chi connectivity index (χ1n) is 11.0. The topological polar surface area (TPSA) is 87.6 Å². The predicted molar refractivity (Wildman–Crippen MR) is 132 cm³/mol. The number of nitrogens with one attached hydrogen (secondary N) is 1. The zero-order valence-electron chi connectivity index (χ0n) is 18.9. The van der Waals surface area contributed by atoms with Gasteiger partial charge in [-0.2, -0.15) is 4.55 Å². The van der Waals surface area contributed by atoms with Gasteiger partial charge in [0, 0.05) is 36.1 Å². The van der Waals surface area contributed by atoms with Crippen molar-refractivity contribution in [3.05, 3.63) is 72.4 Å². The number of nitrogens with zero attached hydrogens (tertiary/aromatic N) is 3. The summed E-state index contributed by atoms with van der Waals surface area (Å²) in [5.41, 5.74) is 3.29. The predicted octanol–water partition coefficient (Wildman–Crippen LogP) is 5.01. The monoisotopic (exact) mass is 465 g/mol. The maximum atomic E-state index is 12.8. The molecular formula is C25H29N4O3S+. The summed E-state index contributed by atoms with van der Waals surface area (Å²) < 4.78 is 29.2. The molecule has 1 unspecified atom stereocenters. The van der Waals surface area contributed by atoms with E-state index in [1.807, 2.05) is 43.4 Å². The Hall–Kier alpha value is -3.07. The number of anilines is 2. The van der Waals surface area contributed by atoms with Crippen LogP contribution in [-0.2, 0) is 21.0 Å². The van der Waals surface area contributed by atoms with Crippen LogP contribution in [0.4, 0.5) is 11.6 Å². The van der Waals surface area contributed by atoms with E-state index in [0.29, 0.717) is 24.0 Å². The van der Waals surface area contributed by atoms with Crippen LogP contribution in [0.3, 0.4) is 0 Å². The fourth-order valence-electron chi connectivity index (χ4n) is 3.67. The van der Waals surface area contributed by atoms with Crippen molar-refractivity contribution in [2.75, 3.05) is 31.3 Å². The molecule has 1 aromatic heterocycles. The molecule has 6 bridgehead atoms. The summed E-state index contributed by atoms with van der Waals surface area (Å²) in [7, 11) is -1.11. The van der Waals surface area contributed by atoms with Crippen LogP contribution in [0.2, 0.25) is 0 Å². The van der Waals surface area contributed by atoms with Crippen molar-refractivity contribution in [3.63, 3.8) is 0 Å². The summed E-state index contributed by atoms with van der Waals surface area (Å²) in [6.07, 6.45) is 6.70. The molecule has 0 spiro atoms. The molecule has 4 rings (SSSR count). The average molecular weight is 466 g/mol. The van der Waals surface area contributed by atoms with E-state index >= 15 is 0 Å². The molecule has 2 N–H and O–H groups in total. The van der Waals surface area contributed by atoms with Crippen molar-refractivity contribution < 1.29 is 13.5 Å². The van der Waals surface area contributed by atoms with Gasteiger partial charge in [-0.3, -0.25) is 4.90 Å². The third-order valence-electron chi connectivity index (χ3n) is 5.41. The second kappa shape index (κ2) is 10.2. The van der Waals surface area contributed by atoms with E-state index < -0.39 is 10.2 Å². The molecule has 1 atom stereocenters. The number of benzene rings is 2. The lowest BCUT2D eigenvalue weighted by Crippen LogP contribution is -2.22. The first kappa shape index (κ1) is 23.1. The average Bonchev–Trinajstić information content (AvgIpc) is 2.81. The van der Waals surface area contributed by atoms with Crippen LogP contribution < -0.4 is 10.1 Å². The van der Waals surface area contributed by atoms with Gasteiger partial charge in [-0.1, -0.05) is 28.5 Å². The van der Waals surface area contributed by atoms with Gasteiger partial charge in [0.15, 0.2) is 4.90 Å². The molecule has 7 nitrogen and oxygen atoms in total. The van der Waals surface area contributed by atoms with Crippen molar-refractivity contribution >= 4 is 21.8 Å². The number of hydrogen-bond donors (Lipinski definition) is 2. The maximum Gasteiger partial charge on any atom is 0.247 e. The second-order valence-electron chi connectivity index (χ2n) is 7.98. The highest BCUT2D eigenvalue weighted by Crippen LogP contribution is 2.28. The van der Waals surface area contributed by atoms with Gasteiger partial charge in [0.05, 0.1) is 12.3 Å². The van der Waals surface area contributed by atoms with E-state index in [2.05, 4.69) is 32.3 Å². The molecule has 0 amide bonds. The zero-order valence-corrected chi connectivity index (χ0v) is 19.7. The molecule has 0 radical (unpaired) electrons. The Morgan fingerprint density at radius 3 is 2.91 bits per heavy atom. The number of ether oxygens (including phenoxy) is 1. The van der Waals surface area contributed by atoms with Crippen molar-refractivity contribution in [1.82, 2.24) is 14.9 Å². The number of fused-ring (bicyclic) bond motifs is 7. The summed E-state index contributed by atoms with van der Waals surface area (Å²) in [4.78, 5) is 11.6. The molecular weight excluding hydrogens is 436 g/mol. The summed E-state index contributed by atoms with van der Waals surface area (Å²) in [5, 5.41) is 3.25. The minimum absolute atomic E-state index is 0.167. The molecule has 8 heteroatoms. The van der Waals surface area contributed by atoms with Crippen LogP contribution in [-0.4, -0.2) is 45.4 Å². The minimum atomic E-state index is -3.10. The highest BCUT2D eigenvalue weighted by Gasteiger charge is 2.30.